The van der Waals surface area contributed by atoms with Crippen molar-refractivity contribution in [3.8, 4) is 0 Å². The Morgan fingerprint density at radius 1 is 0.588 bits per heavy atom. The molecule has 2 rings (SSSR count). The number of unbranched alkanes of at least 4 members (excludes halogenated alkanes) is 20. The molecule has 0 bridgehead atoms. The van der Waals surface area contributed by atoms with Gasteiger partial charge in [-0.05, 0) is 12.8 Å². The minimum atomic E-state index is -5.49. The van der Waals surface area contributed by atoms with E-state index in [1.54, 1.807) is 0 Å². The lowest BCUT2D eigenvalue weighted by molar-refractivity contribution is -0.339. The zero-order chi connectivity index (χ0) is 50.5. The van der Waals surface area contributed by atoms with Gasteiger partial charge in [0.2, 0.25) is 0 Å². The van der Waals surface area contributed by atoms with E-state index in [2.05, 4.69) is 13.8 Å². The summed E-state index contributed by atoms with van der Waals surface area (Å²) in [5.41, 5.74) is 5.57. The van der Waals surface area contributed by atoms with Crippen molar-refractivity contribution in [3.05, 3.63) is 0 Å². The fourth-order valence-corrected chi connectivity index (χ4v) is 9.07. The lowest BCUT2D eigenvalue weighted by Crippen LogP contribution is -2.68. The fourth-order valence-electron chi connectivity index (χ4n) is 8.11. The van der Waals surface area contributed by atoms with Gasteiger partial charge in [0.25, 0.3) is 0 Å². The Morgan fingerprint density at radius 2 is 1.04 bits per heavy atom. The molecule has 21 nitrogen and oxygen atoms in total. The molecule has 11 N–H and O–H groups in total. The maximum Gasteiger partial charge on any atom is 0.472 e. The second-order valence-electron chi connectivity index (χ2n) is 18.2. The van der Waals surface area contributed by atoms with Crippen molar-refractivity contribution in [1.82, 2.24) is 0 Å². The first kappa shape index (κ1) is 62.2. The molecule has 1 saturated carbocycles. The van der Waals surface area contributed by atoms with E-state index in [0.29, 0.717) is 12.8 Å². The topological polar surface area (TPSA) is 341 Å². The highest BCUT2D eigenvalue weighted by molar-refractivity contribution is 7.47. The summed E-state index contributed by atoms with van der Waals surface area (Å²) in [4.78, 5) is 48.4. The number of carbonyl (C=O) groups is 3. The molecule has 0 aromatic heterocycles. The number of aliphatic hydroxyl groups is 7. The van der Waals surface area contributed by atoms with Crippen LogP contribution < -0.4 is 5.73 Å². The number of aliphatic carboxylic acids is 1. The average Bonchev–Trinajstić information content (AvgIpc) is 3.30. The van der Waals surface area contributed by atoms with E-state index in [1.807, 2.05) is 0 Å². The third-order valence-electron chi connectivity index (χ3n) is 12.3. The van der Waals surface area contributed by atoms with Crippen LogP contribution in [0.25, 0.3) is 0 Å². The van der Waals surface area contributed by atoms with Crippen LogP contribution in [-0.4, -0.2) is 170 Å². The normalized spacial score (nSPS) is 28.1. The van der Waals surface area contributed by atoms with Crippen molar-refractivity contribution in [1.29, 1.82) is 0 Å². The van der Waals surface area contributed by atoms with Crippen LogP contribution in [-0.2, 0) is 51.7 Å². The summed E-state index contributed by atoms with van der Waals surface area (Å²) >= 11 is 0. The molecule has 68 heavy (non-hydrogen) atoms. The van der Waals surface area contributed by atoms with E-state index < -0.39 is 132 Å². The third-order valence-corrected chi connectivity index (χ3v) is 13.3. The number of carboxylic acids is 1. The van der Waals surface area contributed by atoms with Crippen LogP contribution in [0.3, 0.4) is 0 Å². The van der Waals surface area contributed by atoms with Crippen LogP contribution in [0.15, 0.2) is 0 Å². The second-order valence-corrected chi connectivity index (χ2v) is 19.6. The Bertz CT molecular complexity index is 1410. The number of phosphoric acid groups is 1. The first-order valence-electron chi connectivity index (χ1n) is 25.1. The highest BCUT2D eigenvalue weighted by Gasteiger charge is 2.56. The van der Waals surface area contributed by atoms with Crippen molar-refractivity contribution < 1.29 is 97.4 Å². The Balaban J connectivity index is 2.16. The number of nitrogens with two attached hydrogens (primary N) is 1. The number of carboxylic acid groups (broad SMARTS) is 1. The lowest BCUT2D eigenvalue weighted by atomic mass is 9.84. The Labute approximate surface area is 401 Å². The lowest BCUT2D eigenvalue weighted by Gasteiger charge is -2.48. The van der Waals surface area contributed by atoms with Gasteiger partial charge >= 0.3 is 25.7 Å². The molecule has 2 aliphatic rings. The monoisotopic (exact) mass is 1000 g/mol. The van der Waals surface area contributed by atoms with E-state index in [4.69, 9.17) is 38.5 Å². The number of rotatable bonds is 39. The largest absolute Gasteiger partial charge is 0.480 e. The number of esters is 2. The molecule has 0 radical (unpaired) electrons. The highest BCUT2D eigenvalue weighted by atomic mass is 31.2. The van der Waals surface area contributed by atoms with Gasteiger partial charge in [0.1, 0.15) is 73.7 Å². The Morgan fingerprint density at radius 3 is 1.53 bits per heavy atom. The van der Waals surface area contributed by atoms with Crippen molar-refractivity contribution in [3.63, 3.8) is 0 Å². The van der Waals surface area contributed by atoms with Crippen LogP contribution >= 0.6 is 7.82 Å². The molecule has 1 aliphatic heterocycles. The molecular formula is C46H86NO20P. The molecule has 1 heterocycles. The number of hydrogen-bond acceptors (Lipinski definition) is 19. The van der Waals surface area contributed by atoms with E-state index in [1.165, 1.54) is 70.6 Å². The molecule has 14 atom stereocenters. The standard InChI is InChI=1S/C46H86NO20P/c1-3-5-7-9-11-13-15-17-19-21-23-25-34(49)61-28-31(64-35(50)26-24-22-20-18-16-14-12-10-8-6-4-2)29-63-68(59,60)67-44-42(62-30-32(47)45(57)58)39(54)38(53)40(55)43(44)66-46-41(56)37(52)36(51)33(27-48)65-46/h31-33,36-44,46,48,51-56H,3-30,47H2,1-2H3,(H,57,58)(H,59,60)/t31-,32-,33?,36+,37?,38-,39+,40?,41?,42?,43-,44?,46+/m0/s1. The van der Waals surface area contributed by atoms with Gasteiger partial charge in [-0.3, -0.25) is 23.4 Å². The summed E-state index contributed by atoms with van der Waals surface area (Å²) in [5.74, 6) is -2.83. The van der Waals surface area contributed by atoms with Gasteiger partial charge in [-0.25, -0.2) is 4.57 Å². The predicted octanol–water partition coefficient (Wildman–Crippen LogP) is 3.42. The van der Waals surface area contributed by atoms with Gasteiger partial charge < -0.3 is 75.2 Å². The van der Waals surface area contributed by atoms with Gasteiger partial charge in [0, 0.05) is 12.8 Å². The molecular weight excluding hydrogens is 917 g/mol. The molecule has 1 aliphatic carbocycles. The maximum absolute atomic E-state index is 13.7. The van der Waals surface area contributed by atoms with E-state index in [0.717, 1.165) is 57.8 Å². The summed E-state index contributed by atoms with van der Waals surface area (Å²) < 4.78 is 51.7. The van der Waals surface area contributed by atoms with Gasteiger partial charge in [0.15, 0.2) is 12.4 Å². The average molecular weight is 1000 g/mol. The van der Waals surface area contributed by atoms with Crippen LogP contribution in [0.5, 0.6) is 0 Å². The van der Waals surface area contributed by atoms with Gasteiger partial charge in [-0.15, -0.1) is 0 Å². The first-order chi connectivity index (χ1) is 32.5. The van der Waals surface area contributed by atoms with Gasteiger partial charge in [-0.1, -0.05) is 142 Å². The summed E-state index contributed by atoms with van der Waals surface area (Å²) in [6.45, 7) is 1.14. The molecule has 0 aromatic rings. The summed E-state index contributed by atoms with van der Waals surface area (Å²) in [5, 5.41) is 83.1. The fraction of sp³-hybridized carbons (Fsp3) is 0.935. The molecule has 1 saturated heterocycles. The quantitative estimate of drug-likeness (QED) is 0.0239. The summed E-state index contributed by atoms with van der Waals surface area (Å²) in [6.07, 6.45) is -0.233. The van der Waals surface area contributed by atoms with Crippen LogP contribution in [0, 0.1) is 0 Å². The summed E-state index contributed by atoms with van der Waals surface area (Å²) in [7, 11) is -5.49. The SMILES string of the molecule is CCCCCCCCCCCCCC(=O)OC[C@@H](COP(=O)(O)OC1C(OC[C@H](N)C(=O)O)[C@H](O)[C@H](O)C(O)[C@@H]1O[C@H]1OC(CO)[C@@H](O)C(O)C1O)OC(=O)CCCCCCCCCCCCC. The second kappa shape index (κ2) is 35.2. The van der Waals surface area contributed by atoms with Crippen molar-refractivity contribution in [2.24, 2.45) is 5.73 Å². The number of carbonyl (C=O) groups excluding carboxylic acids is 2. The van der Waals surface area contributed by atoms with E-state index >= 15 is 0 Å². The van der Waals surface area contributed by atoms with Gasteiger partial charge in [0.05, 0.1) is 19.8 Å². The minimum absolute atomic E-state index is 0.00212. The number of ether oxygens (including phenoxy) is 5. The van der Waals surface area contributed by atoms with Gasteiger partial charge in [-0.2, -0.15) is 0 Å². The number of hydrogen-bond donors (Lipinski definition) is 10. The Kier molecular flexibility index (Phi) is 32.2. The number of aliphatic hydroxyl groups excluding tert-OH is 7. The number of phosphoric ester groups is 1. The summed E-state index contributed by atoms with van der Waals surface area (Å²) in [6, 6.07) is -1.73. The molecule has 7 unspecified atom stereocenters. The van der Waals surface area contributed by atoms with Crippen LogP contribution in [0.4, 0.5) is 0 Å². The third kappa shape index (κ3) is 24.0. The van der Waals surface area contributed by atoms with Crippen molar-refractivity contribution >= 4 is 25.7 Å². The minimum Gasteiger partial charge on any atom is -0.480 e. The molecule has 0 amide bonds. The highest BCUT2D eigenvalue weighted by Crippen LogP contribution is 2.48. The smallest absolute Gasteiger partial charge is 0.472 e. The molecule has 400 valence electrons. The molecule has 0 aromatic carbocycles. The predicted molar refractivity (Wildman–Crippen MR) is 246 cm³/mol. The van der Waals surface area contributed by atoms with Crippen molar-refractivity contribution in [2.75, 3.05) is 26.4 Å². The molecule has 0 spiro atoms. The zero-order valence-electron chi connectivity index (χ0n) is 40.3. The molecule has 22 heteroatoms. The van der Waals surface area contributed by atoms with Crippen LogP contribution in [0.1, 0.15) is 168 Å². The van der Waals surface area contributed by atoms with E-state index in [-0.39, 0.29) is 12.8 Å². The van der Waals surface area contributed by atoms with Crippen molar-refractivity contribution in [2.45, 2.75) is 247 Å². The molecule has 2 fully saturated rings. The first-order valence-corrected chi connectivity index (χ1v) is 26.6. The van der Waals surface area contributed by atoms with E-state index in [9.17, 15) is 64.7 Å². The van der Waals surface area contributed by atoms with Crippen LogP contribution in [0.2, 0.25) is 0 Å². The maximum atomic E-state index is 13.7. The Hall–Kier alpha value is -1.92. The zero-order valence-corrected chi connectivity index (χ0v) is 41.2.